The minimum atomic E-state index is -1.90. The van der Waals surface area contributed by atoms with Crippen molar-refractivity contribution in [3.8, 4) is 11.9 Å². The molecule has 2 heterocycles. The maximum atomic E-state index is 13.2. The first-order valence-electron chi connectivity index (χ1n) is 10.1. The van der Waals surface area contributed by atoms with Gasteiger partial charge in [-0.3, -0.25) is 4.79 Å². The summed E-state index contributed by atoms with van der Waals surface area (Å²) in [4.78, 5) is 25.7. The summed E-state index contributed by atoms with van der Waals surface area (Å²) in [6, 6.07) is 17.8. The van der Waals surface area contributed by atoms with Crippen molar-refractivity contribution in [2.45, 2.75) is 32.7 Å². The third-order valence-electron chi connectivity index (χ3n) is 5.55. The van der Waals surface area contributed by atoms with Gasteiger partial charge in [-0.15, -0.1) is 0 Å². The zero-order chi connectivity index (χ0) is 22.2. The molecule has 0 amide bonds. The standard InChI is InChI=1S/C25H22N2O4/c1-4-30-24(29)25(15-26)20(17(3)28)14-31-23-22(25)19-12-16(2)10-11-21(19)27(23)13-18-8-6-5-7-9-18/h5-12,14H,4,13H2,1-3H3. The predicted octanol–water partition coefficient (Wildman–Crippen LogP) is 4.19. The second-order valence-electron chi connectivity index (χ2n) is 7.56. The van der Waals surface area contributed by atoms with Crippen LogP contribution in [0.2, 0.25) is 0 Å². The molecule has 4 rings (SSSR count). The van der Waals surface area contributed by atoms with Crippen LogP contribution in [0, 0.1) is 18.3 Å². The van der Waals surface area contributed by atoms with Crippen LogP contribution in [-0.4, -0.2) is 22.9 Å². The summed E-state index contributed by atoms with van der Waals surface area (Å²) in [7, 11) is 0. The van der Waals surface area contributed by atoms with E-state index in [9.17, 15) is 14.9 Å². The van der Waals surface area contributed by atoms with E-state index in [0.29, 0.717) is 23.4 Å². The van der Waals surface area contributed by atoms with E-state index in [2.05, 4.69) is 6.07 Å². The molecule has 0 saturated heterocycles. The van der Waals surface area contributed by atoms with Gasteiger partial charge in [0.15, 0.2) is 5.78 Å². The molecule has 1 aliphatic heterocycles. The number of nitrogens with zero attached hydrogens (tertiary/aromatic N) is 2. The zero-order valence-electron chi connectivity index (χ0n) is 17.6. The number of carbonyl (C=O) groups excluding carboxylic acids is 2. The summed E-state index contributed by atoms with van der Waals surface area (Å²) in [5.74, 6) is -0.829. The Morgan fingerprint density at radius 1 is 1.19 bits per heavy atom. The Balaban J connectivity index is 2.07. The van der Waals surface area contributed by atoms with E-state index in [0.717, 1.165) is 16.6 Å². The highest BCUT2D eigenvalue weighted by atomic mass is 16.5. The summed E-state index contributed by atoms with van der Waals surface area (Å²) >= 11 is 0. The van der Waals surface area contributed by atoms with E-state index in [1.165, 1.54) is 13.2 Å². The molecule has 0 aliphatic carbocycles. The summed E-state index contributed by atoms with van der Waals surface area (Å²) in [5.41, 5.74) is 1.23. The van der Waals surface area contributed by atoms with E-state index < -0.39 is 17.2 Å². The fourth-order valence-corrected chi connectivity index (χ4v) is 4.15. The van der Waals surface area contributed by atoms with Crippen LogP contribution in [0.3, 0.4) is 0 Å². The fraction of sp³-hybridized carbons (Fsp3) is 0.240. The monoisotopic (exact) mass is 414 g/mol. The number of hydrogen-bond acceptors (Lipinski definition) is 5. The lowest BCUT2D eigenvalue weighted by molar-refractivity contribution is -0.147. The predicted molar refractivity (Wildman–Crippen MR) is 116 cm³/mol. The molecule has 0 fully saturated rings. The topological polar surface area (TPSA) is 81.3 Å². The number of aryl methyl sites for hydroxylation is 1. The van der Waals surface area contributed by atoms with E-state index in [1.807, 2.05) is 60.0 Å². The molecular formula is C25H22N2O4. The van der Waals surface area contributed by atoms with Crippen LogP contribution < -0.4 is 4.74 Å². The van der Waals surface area contributed by atoms with Crippen molar-refractivity contribution >= 4 is 22.7 Å². The molecule has 0 spiro atoms. The van der Waals surface area contributed by atoms with Crippen LogP contribution in [0.1, 0.15) is 30.5 Å². The summed E-state index contributed by atoms with van der Waals surface area (Å²) in [6.45, 7) is 5.49. The molecular weight excluding hydrogens is 392 g/mol. The number of nitriles is 1. The molecule has 0 bridgehead atoms. The Morgan fingerprint density at radius 2 is 1.94 bits per heavy atom. The van der Waals surface area contributed by atoms with Crippen molar-refractivity contribution in [3.63, 3.8) is 0 Å². The molecule has 31 heavy (non-hydrogen) atoms. The van der Waals surface area contributed by atoms with E-state index in [-0.39, 0.29) is 12.2 Å². The van der Waals surface area contributed by atoms with Crippen LogP contribution in [0.4, 0.5) is 0 Å². The molecule has 156 valence electrons. The molecule has 1 unspecified atom stereocenters. The van der Waals surface area contributed by atoms with Crippen LogP contribution >= 0.6 is 0 Å². The molecule has 0 saturated carbocycles. The summed E-state index contributed by atoms with van der Waals surface area (Å²) in [6.07, 6.45) is 1.22. The summed E-state index contributed by atoms with van der Waals surface area (Å²) in [5, 5.41) is 11.0. The highest BCUT2D eigenvalue weighted by Gasteiger charge is 2.54. The third-order valence-corrected chi connectivity index (χ3v) is 5.55. The second kappa shape index (κ2) is 7.77. The minimum absolute atomic E-state index is 0.0267. The van der Waals surface area contributed by atoms with E-state index in [4.69, 9.17) is 9.47 Å². The van der Waals surface area contributed by atoms with Gasteiger partial charge in [0.05, 0.1) is 35.9 Å². The molecule has 0 N–H and O–H groups in total. The lowest BCUT2D eigenvalue weighted by Crippen LogP contribution is -2.42. The zero-order valence-corrected chi connectivity index (χ0v) is 17.6. The first-order valence-corrected chi connectivity index (χ1v) is 10.1. The van der Waals surface area contributed by atoms with Crippen molar-refractivity contribution in [2.75, 3.05) is 6.61 Å². The fourth-order valence-electron chi connectivity index (χ4n) is 4.15. The van der Waals surface area contributed by atoms with Crippen molar-refractivity contribution in [1.82, 2.24) is 4.57 Å². The highest BCUT2D eigenvalue weighted by molar-refractivity contribution is 6.10. The number of ether oxygens (including phenoxy) is 2. The third kappa shape index (κ3) is 3.10. The van der Waals surface area contributed by atoms with Crippen LogP contribution in [0.5, 0.6) is 5.88 Å². The Labute approximate surface area is 180 Å². The number of carbonyl (C=O) groups is 2. The maximum Gasteiger partial charge on any atom is 0.336 e. The number of esters is 1. The Bertz CT molecular complexity index is 1260. The number of Topliss-reactive ketones (excluding diaryl/α,β-unsaturated/α-hetero) is 1. The molecule has 1 aliphatic rings. The van der Waals surface area contributed by atoms with Gasteiger partial charge >= 0.3 is 5.97 Å². The summed E-state index contributed by atoms with van der Waals surface area (Å²) < 4.78 is 13.2. The van der Waals surface area contributed by atoms with Gasteiger partial charge in [0, 0.05) is 5.39 Å². The lowest BCUT2D eigenvalue weighted by Gasteiger charge is -2.30. The van der Waals surface area contributed by atoms with E-state index >= 15 is 0 Å². The molecule has 1 atom stereocenters. The number of ketones is 1. The van der Waals surface area contributed by atoms with Gasteiger partial charge in [-0.25, -0.2) is 4.79 Å². The normalized spacial score (nSPS) is 17.3. The molecule has 0 radical (unpaired) electrons. The highest BCUT2D eigenvalue weighted by Crippen LogP contribution is 2.48. The Hall–Kier alpha value is -3.85. The van der Waals surface area contributed by atoms with Crippen molar-refractivity contribution in [3.05, 3.63) is 77.1 Å². The second-order valence-corrected chi connectivity index (χ2v) is 7.56. The first-order chi connectivity index (χ1) is 14.9. The average molecular weight is 414 g/mol. The number of rotatable bonds is 5. The molecule has 1 aromatic heterocycles. The van der Waals surface area contributed by atoms with Crippen LogP contribution in [-0.2, 0) is 26.3 Å². The maximum absolute atomic E-state index is 13.2. The van der Waals surface area contributed by atoms with Crippen molar-refractivity contribution in [1.29, 1.82) is 5.26 Å². The number of benzene rings is 2. The van der Waals surface area contributed by atoms with Gasteiger partial charge in [0.2, 0.25) is 11.3 Å². The van der Waals surface area contributed by atoms with E-state index in [1.54, 1.807) is 6.92 Å². The molecule has 3 aromatic rings. The van der Waals surface area contributed by atoms with Gasteiger partial charge in [0.1, 0.15) is 6.26 Å². The molecule has 6 heteroatoms. The van der Waals surface area contributed by atoms with Gasteiger partial charge in [-0.2, -0.15) is 5.26 Å². The molecule has 2 aromatic carbocycles. The number of fused-ring (bicyclic) bond motifs is 3. The Morgan fingerprint density at radius 3 is 2.58 bits per heavy atom. The number of hydrogen-bond donors (Lipinski definition) is 0. The van der Waals surface area contributed by atoms with Gasteiger partial charge in [-0.05, 0) is 38.5 Å². The Kier molecular flexibility index (Phi) is 5.12. The van der Waals surface area contributed by atoms with Gasteiger partial charge < -0.3 is 14.0 Å². The van der Waals surface area contributed by atoms with Crippen LogP contribution in [0.15, 0.2) is 60.4 Å². The van der Waals surface area contributed by atoms with Crippen molar-refractivity contribution in [2.24, 2.45) is 0 Å². The number of aromatic nitrogens is 1. The smallest absolute Gasteiger partial charge is 0.336 e. The lowest BCUT2D eigenvalue weighted by atomic mass is 9.73. The minimum Gasteiger partial charge on any atom is -0.464 e. The first kappa shape index (κ1) is 20.4. The van der Waals surface area contributed by atoms with Gasteiger partial charge in [-0.1, -0.05) is 42.0 Å². The van der Waals surface area contributed by atoms with Crippen LogP contribution in [0.25, 0.3) is 10.9 Å². The van der Waals surface area contributed by atoms with Crippen molar-refractivity contribution < 1.29 is 19.1 Å². The SMILES string of the molecule is CCOC(=O)C1(C#N)C(C(C)=O)=COc2c1c1cc(C)ccc1n2Cc1ccccc1. The quantitative estimate of drug-likeness (QED) is 0.585. The largest absolute Gasteiger partial charge is 0.464 e. The molecule has 6 nitrogen and oxygen atoms in total. The van der Waals surface area contributed by atoms with Gasteiger partial charge in [0.25, 0.3) is 0 Å². The average Bonchev–Trinajstić information content (AvgIpc) is 3.07.